The van der Waals surface area contributed by atoms with Crippen molar-refractivity contribution in [2.45, 2.75) is 39.8 Å². The molecule has 2 aromatic rings. The normalized spacial score (nSPS) is 18.7. The molecule has 3 heterocycles. The number of thiazole rings is 1. The summed E-state index contributed by atoms with van der Waals surface area (Å²) >= 11 is 1.55. The van der Waals surface area contributed by atoms with Crippen molar-refractivity contribution in [3.8, 4) is 0 Å². The molecule has 1 amide bonds. The average molecular weight is 348 g/mol. The molecule has 1 unspecified atom stereocenters. The molecule has 1 atom stereocenters. The van der Waals surface area contributed by atoms with Gasteiger partial charge in [-0.25, -0.2) is 9.97 Å². The quantitative estimate of drug-likeness (QED) is 0.799. The van der Waals surface area contributed by atoms with E-state index in [1.807, 2.05) is 11.6 Å². The van der Waals surface area contributed by atoms with Gasteiger partial charge in [-0.05, 0) is 32.2 Å². The number of likely N-dealkylation sites (tertiary alicyclic amines) is 1. The predicted molar refractivity (Wildman–Crippen MR) is 93.8 cm³/mol. The summed E-state index contributed by atoms with van der Waals surface area (Å²) in [5, 5.41) is 7.08. The molecule has 1 saturated heterocycles. The first-order valence-electron chi connectivity index (χ1n) is 8.43. The summed E-state index contributed by atoms with van der Waals surface area (Å²) < 4.78 is 1.92. The van der Waals surface area contributed by atoms with Gasteiger partial charge in [0.15, 0.2) is 5.13 Å². The molecule has 0 spiro atoms. The van der Waals surface area contributed by atoms with Crippen molar-refractivity contribution >= 4 is 22.4 Å². The molecule has 1 aliphatic heterocycles. The Bertz CT molecular complexity index is 655. The Morgan fingerprint density at radius 3 is 3.08 bits per heavy atom. The highest BCUT2D eigenvalue weighted by molar-refractivity contribution is 7.14. The van der Waals surface area contributed by atoms with Gasteiger partial charge in [-0.2, -0.15) is 5.10 Å². The second kappa shape index (κ2) is 7.85. The minimum absolute atomic E-state index is 0.0456. The molecule has 130 valence electrons. The molecule has 7 nitrogen and oxygen atoms in total. The van der Waals surface area contributed by atoms with Gasteiger partial charge in [-0.15, -0.1) is 11.3 Å². The summed E-state index contributed by atoms with van der Waals surface area (Å²) in [6, 6.07) is 0. The third-order valence-electron chi connectivity index (χ3n) is 4.37. The first-order chi connectivity index (χ1) is 11.7. The van der Waals surface area contributed by atoms with Crippen LogP contribution in [0.3, 0.4) is 0 Å². The van der Waals surface area contributed by atoms with Gasteiger partial charge < -0.3 is 0 Å². The molecule has 3 rings (SSSR count). The van der Waals surface area contributed by atoms with Crippen LogP contribution in [0.1, 0.15) is 32.4 Å². The van der Waals surface area contributed by atoms with Gasteiger partial charge in [0.1, 0.15) is 12.7 Å². The monoisotopic (exact) mass is 348 g/mol. The largest absolute Gasteiger partial charge is 0.297 e. The van der Waals surface area contributed by atoms with Gasteiger partial charge in [0.25, 0.3) is 0 Å². The van der Waals surface area contributed by atoms with E-state index in [2.05, 4.69) is 25.3 Å². The summed E-state index contributed by atoms with van der Waals surface area (Å²) in [6.07, 6.45) is 5.80. The van der Waals surface area contributed by atoms with E-state index in [9.17, 15) is 4.79 Å². The van der Waals surface area contributed by atoms with Crippen LogP contribution in [-0.4, -0.2) is 50.2 Å². The minimum atomic E-state index is 0.0456. The number of nitrogens with zero attached hydrogens (tertiary/aromatic N) is 6. The molecule has 2 aromatic heterocycles. The molecule has 8 heteroatoms. The van der Waals surface area contributed by atoms with Crippen LogP contribution in [0.15, 0.2) is 18.0 Å². The van der Waals surface area contributed by atoms with Gasteiger partial charge in [-0.1, -0.05) is 0 Å². The number of carbonyl (C=O) groups excluding carboxylic acids is 1. The third-order valence-corrected chi connectivity index (χ3v) is 5.28. The van der Waals surface area contributed by atoms with E-state index in [0.717, 1.165) is 37.0 Å². The molecular weight excluding hydrogens is 324 g/mol. The lowest BCUT2D eigenvalue weighted by molar-refractivity contribution is -0.116. The zero-order chi connectivity index (χ0) is 16.9. The van der Waals surface area contributed by atoms with Crippen LogP contribution >= 0.6 is 11.3 Å². The number of hydrogen-bond acceptors (Lipinski definition) is 6. The van der Waals surface area contributed by atoms with Gasteiger partial charge in [0, 0.05) is 38.5 Å². The predicted octanol–water partition coefficient (Wildman–Crippen LogP) is 2.02. The molecule has 0 bridgehead atoms. The third kappa shape index (κ3) is 4.18. The number of anilines is 1. The van der Waals surface area contributed by atoms with E-state index >= 15 is 0 Å². The number of carbonyl (C=O) groups is 1. The van der Waals surface area contributed by atoms with Crippen molar-refractivity contribution in [3.63, 3.8) is 0 Å². The van der Waals surface area contributed by atoms with E-state index in [1.165, 1.54) is 12.8 Å². The molecule has 0 saturated carbocycles. The summed E-state index contributed by atoms with van der Waals surface area (Å²) in [4.78, 5) is 24.5. The smallest absolute Gasteiger partial charge is 0.225 e. The van der Waals surface area contributed by atoms with Crippen molar-refractivity contribution in [3.05, 3.63) is 23.7 Å². The Balaban J connectivity index is 1.57. The number of amides is 1. The molecule has 0 N–H and O–H groups in total. The van der Waals surface area contributed by atoms with Crippen LogP contribution in [0.25, 0.3) is 0 Å². The average Bonchev–Trinajstić information content (AvgIpc) is 3.20. The van der Waals surface area contributed by atoms with Crippen molar-refractivity contribution in [2.75, 3.05) is 24.5 Å². The van der Waals surface area contributed by atoms with Crippen molar-refractivity contribution < 1.29 is 4.79 Å². The maximum Gasteiger partial charge on any atom is 0.225 e. The Kier molecular flexibility index (Phi) is 5.57. The van der Waals surface area contributed by atoms with E-state index in [0.29, 0.717) is 12.5 Å². The van der Waals surface area contributed by atoms with Crippen LogP contribution in [-0.2, 0) is 17.9 Å². The zero-order valence-electron chi connectivity index (χ0n) is 14.3. The van der Waals surface area contributed by atoms with E-state index in [-0.39, 0.29) is 5.91 Å². The summed E-state index contributed by atoms with van der Waals surface area (Å²) in [6.45, 7) is 8.15. The fourth-order valence-corrected chi connectivity index (χ4v) is 4.17. The molecule has 24 heavy (non-hydrogen) atoms. The van der Waals surface area contributed by atoms with Crippen LogP contribution < -0.4 is 4.90 Å². The molecule has 0 aromatic carbocycles. The van der Waals surface area contributed by atoms with E-state index < -0.39 is 0 Å². The fraction of sp³-hybridized carbons (Fsp3) is 0.625. The lowest BCUT2D eigenvalue weighted by Gasteiger charge is -2.32. The van der Waals surface area contributed by atoms with E-state index in [4.69, 9.17) is 0 Å². The van der Waals surface area contributed by atoms with Gasteiger partial charge in [-0.3, -0.25) is 19.3 Å². The minimum Gasteiger partial charge on any atom is -0.297 e. The highest BCUT2D eigenvalue weighted by Gasteiger charge is 2.22. The standard InChI is InChI=1S/C16H24N6OS/c1-3-22(13(2)23)16-19-15(10-24-16)9-20-6-4-5-14(7-20)8-21-12-17-11-18-21/h10-12,14H,3-9H2,1-2H3. The second-order valence-corrected chi connectivity index (χ2v) is 7.08. The topological polar surface area (TPSA) is 67.2 Å². The maximum atomic E-state index is 11.6. The maximum absolute atomic E-state index is 11.6. The number of hydrogen-bond donors (Lipinski definition) is 0. The van der Waals surface area contributed by atoms with E-state index in [1.54, 1.807) is 35.8 Å². The van der Waals surface area contributed by atoms with Crippen molar-refractivity contribution in [1.29, 1.82) is 0 Å². The number of rotatable bonds is 6. The SMILES string of the molecule is CCN(C(C)=O)c1nc(CN2CCCC(Cn3cncn3)C2)cs1. The van der Waals surface area contributed by atoms with Crippen molar-refractivity contribution in [1.82, 2.24) is 24.6 Å². The van der Waals surface area contributed by atoms with Crippen LogP contribution in [0, 0.1) is 5.92 Å². The Hall–Kier alpha value is -1.80. The van der Waals surface area contributed by atoms with Crippen LogP contribution in [0.5, 0.6) is 0 Å². The van der Waals surface area contributed by atoms with Gasteiger partial charge in [0.05, 0.1) is 5.69 Å². The lowest BCUT2D eigenvalue weighted by atomic mass is 9.98. The zero-order valence-corrected chi connectivity index (χ0v) is 15.1. The summed E-state index contributed by atoms with van der Waals surface area (Å²) in [7, 11) is 0. The first-order valence-corrected chi connectivity index (χ1v) is 9.31. The fourth-order valence-electron chi connectivity index (χ4n) is 3.25. The second-order valence-electron chi connectivity index (χ2n) is 6.25. The summed E-state index contributed by atoms with van der Waals surface area (Å²) in [5.41, 5.74) is 1.05. The van der Waals surface area contributed by atoms with Gasteiger partial charge >= 0.3 is 0 Å². The molecule has 1 fully saturated rings. The Labute approximate surface area is 146 Å². The van der Waals surface area contributed by atoms with Crippen LogP contribution in [0.2, 0.25) is 0 Å². The van der Waals surface area contributed by atoms with Crippen molar-refractivity contribution in [2.24, 2.45) is 5.92 Å². The molecule has 0 aliphatic carbocycles. The Morgan fingerprint density at radius 2 is 2.38 bits per heavy atom. The Morgan fingerprint density at radius 1 is 1.50 bits per heavy atom. The number of aromatic nitrogens is 4. The molecule has 0 radical (unpaired) electrons. The van der Waals surface area contributed by atoms with Crippen LogP contribution in [0.4, 0.5) is 5.13 Å². The first kappa shape index (κ1) is 17.0. The molecule has 1 aliphatic rings. The number of piperidine rings is 1. The lowest BCUT2D eigenvalue weighted by Crippen LogP contribution is -2.36. The van der Waals surface area contributed by atoms with Gasteiger partial charge in [0.2, 0.25) is 5.91 Å². The highest BCUT2D eigenvalue weighted by atomic mass is 32.1. The summed E-state index contributed by atoms with van der Waals surface area (Å²) in [5.74, 6) is 0.646. The molecular formula is C16H24N6OS. The highest BCUT2D eigenvalue weighted by Crippen LogP contribution is 2.24.